The maximum absolute atomic E-state index is 6.94. The van der Waals surface area contributed by atoms with Crippen LogP contribution in [0.3, 0.4) is 0 Å². The molecule has 1 nitrogen and oxygen atoms in total. The molecule has 0 aliphatic heterocycles. The fourth-order valence-corrected chi connectivity index (χ4v) is 0. The molecule has 0 aromatic heterocycles. The number of nitrogens with one attached hydrogen (secondary N) is 1. The Balaban J connectivity index is -0.0000000800. The van der Waals surface area contributed by atoms with E-state index in [1.54, 1.807) is 0 Å². The van der Waals surface area contributed by atoms with Gasteiger partial charge in [-0.15, -0.1) is 5.54 Å². The molecule has 0 aliphatic rings. The summed E-state index contributed by atoms with van der Waals surface area (Å²) in [6, 6.07) is 0. The van der Waals surface area contributed by atoms with Crippen LogP contribution >= 0.6 is 0 Å². The van der Waals surface area contributed by atoms with Gasteiger partial charge in [-0.1, -0.05) is 20.8 Å². The zero-order valence-electron chi connectivity index (χ0n) is 5.09. The predicted octanol–water partition coefficient (Wildman–Crippen LogP) is -1.54. The van der Waals surface area contributed by atoms with Crippen LogP contribution in [0.15, 0.2) is 0 Å². The second-order valence-electron chi connectivity index (χ2n) is 2.25. The van der Waals surface area contributed by atoms with E-state index >= 15 is 0 Å². The first-order valence-electron chi connectivity index (χ1n) is 1.75. The molecule has 0 bridgehead atoms. The van der Waals surface area contributed by atoms with Crippen LogP contribution in [0.25, 0.3) is 5.73 Å². The van der Waals surface area contributed by atoms with Crippen molar-refractivity contribution in [2.45, 2.75) is 26.3 Å². The zero-order chi connectivity index (χ0) is 4.50. The summed E-state index contributed by atoms with van der Waals surface area (Å²) < 4.78 is 0. The van der Waals surface area contributed by atoms with Crippen LogP contribution in [0.5, 0.6) is 0 Å². The minimum atomic E-state index is -0.250. The molecule has 0 spiro atoms. The van der Waals surface area contributed by atoms with Crippen LogP contribution in [-0.4, -0.2) is 28.6 Å². The first-order chi connectivity index (χ1) is 2.00. The van der Waals surface area contributed by atoms with E-state index in [1.807, 2.05) is 20.8 Å². The quantitative estimate of drug-likeness (QED) is 0.356. The molecule has 0 saturated carbocycles. The molecule has 0 aliphatic carbocycles. The molecule has 7 heavy (non-hydrogen) atoms. The Hall–Kier alpha value is 1.02. The third-order valence-corrected chi connectivity index (χ3v) is 0. The predicted molar refractivity (Wildman–Crippen MR) is 29.8 cm³/mol. The minimum Gasteiger partial charge on any atom is -1.00 e. The Morgan fingerprint density at radius 1 is 1.14 bits per heavy atom. The molecule has 0 aromatic rings. The topological polar surface area (TPSA) is 23.8 Å². The van der Waals surface area contributed by atoms with Crippen molar-refractivity contribution in [2.24, 2.45) is 0 Å². The van der Waals surface area contributed by atoms with Crippen molar-refractivity contribution in [3.63, 3.8) is 0 Å². The van der Waals surface area contributed by atoms with Crippen molar-refractivity contribution < 1.29 is 12.4 Å². The maximum Gasteiger partial charge on any atom is 2.00 e. The van der Waals surface area contributed by atoms with Gasteiger partial charge in [-0.3, -0.25) is 0 Å². The third kappa shape index (κ3) is 171. The van der Waals surface area contributed by atoms with E-state index in [2.05, 4.69) is 0 Å². The largest absolute Gasteiger partial charge is 2.00 e. The van der Waals surface area contributed by atoms with Crippen molar-refractivity contribution in [3.05, 3.63) is 5.73 Å². The molecule has 0 heterocycles. The number of hydrogen-bond donors (Lipinski definition) is 0. The van der Waals surface area contributed by atoms with Gasteiger partial charge in [0.2, 0.25) is 0 Å². The van der Waals surface area contributed by atoms with Crippen LogP contribution in [-0.2, 0) is 0 Å². The number of halogens is 1. The van der Waals surface area contributed by atoms with Gasteiger partial charge in [0.15, 0.2) is 0 Å². The van der Waals surface area contributed by atoms with Gasteiger partial charge < -0.3 is 18.1 Å². The minimum absolute atomic E-state index is 0. The average Bonchev–Trinajstić information content (AvgIpc) is 0.722. The van der Waals surface area contributed by atoms with Gasteiger partial charge >= 0.3 is 23.1 Å². The standard InChI is InChI=1S/C4H10N.ClH.Mg/c1-4(2,3)5;;/h5H,1-3H3;1H;/q-1;;+2/p-1. The fourth-order valence-electron chi connectivity index (χ4n) is 0. The monoisotopic (exact) mass is 131 g/mol. The molecule has 0 atom stereocenters. The summed E-state index contributed by atoms with van der Waals surface area (Å²) in [6.45, 7) is 5.56. The summed E-state index contributed by atoms with van der Waals surface area (Å²) in [4.78, 5) is 0. The van der Waals surface area contributed by atoms with E-state index in [0.717, 1.165) is 0 Å². The molecule has 1 N–H and O–H groups in total. The van der Waals surface area contributed by atoms with Crippen molar-refractivity contribution in [1.29, 1.82) is 0 Å². The molecule has 0 rings (SSSR count). The summed E-state index contributed by atoms with van der Waals surface area (Å²) in [5.41, 5.74) is 6.69. The van der Waals surface area contributed by atoms with Crippen LogP contribution in [0.1, 0.15) is 20.8 Å². The van der Waals surface area contributed by atoms with E-state index in [1.165, 1.54) is 0 Å². The molecule has 0 amide bonds. The Morgan fingerprint density at radius 3 is 1.14 bits per heavy atom. The Labute approximate surface area is 67.6 Å². The van der Waals surface area contributed by atoms with Gasteiger partial charge in [0.1, 0.15) is 0 Å². The van der Waals surface area contributed by atoms with Gasteiger partial charge in [0.25, 0.3) is 0 Å². The molecule has 0 saturated heterocycles. The van der Waals surface area contributed by atoms with Gasteiger partial charge in [0, 0.05) is 0 Å². The van der Waals surface area contributed by atoms with Crippen LogP contribution in [0.4, 0.5) is 0 Å². The average molecular weight is 132 g/mol. The van der Waals surface area contributed by atoms with E-state index in [9.17, 15) is 0 Å². The fraction of sp³-hybridized carbons (Fsp3) is 1.00. The van der Waals surface area contributed by atoms with E-state index < -0.39 is 0 Å². The summed E-state index contributed by atoms with van der Waals surface area (Å²) >= 11 is 0. The van der Waals surface area contributed by atoms with Crippen molar-refractivity contribution in [2.75, 3.05) is 0 Å². The smallest absolute Gasteiger partial charge is 1.00 e. The molecule has 0 aromatic carbocycles. The number of rotatable bonds is 0. The van der Waals surface area contributed by atoms with E-state index in [4.69, 9.17) is 5.73 Å². The molecule has 0 fully saturated rings. The van der Waals surface area contributed by atoms with Crippen LogP contribution in [0, 0.1) is 0 Å². The Bertz CT molecular complexity index is 27.2. The summed E-state index contributed by atoms with van der Waals surface area (Å²) in [5.74, 6) is 0. The SMILES string of the molecule is CC(C)(C)[NH-].[Cl-].[Mg+2]. The first-order valence-corrected chi connectivity index (χ1v) is 1.75. The van der Waals surface area contributed by atoms with Crippen LogP contribution in [0.2, 0.25) is 0 Å². The maximum atomic E-state index is 6.94. The van der Waals surface area contributed by atoms with Crippen molar-refractivity contribution >= 4 is 23.1 Å². The van der Waals surface area contributed by atoms with Crippen LogP contribution < -0.4 is 12.4 Å². The summed E-state index contributed by atoms with van der Waals surface area (Å²) in [7, 11) is 0. The normalized spacial score (nSPS) is 8.57. The number of hydrogen-bond acceptors (Lipinski definition) is 0. The van der Waals surface area contributed by atoms with Crippen molar-refractivity contribution in [1.82, 2.24) is 0 Å². The van der Waals surface area contributed by atoms with Gasteiger partial charge in [0.05, 0.1) is 0 Å². The Morgan fingerprint density at radius 2 is 1.14 bits per heavy atom. The molecule has 0 radical (unpaired) electrons. The second-order valence-corrected chi connectivity index (χ2v) is 2.25. The van der Waals surface area contributed by atoms with E-state index in [0.29, 0.717) is 0 Å². The molecule has 0 unspecified atom stereocenters. The molecule has 3 heteroatoms. The summed E-state index contributed by atoms with van der Waals surface area (Å²) in [6.07, 6.45) is 0. The van der Waals surface area contributed by atoms with Gasteiger partial charge in [-0.05, 0) is 0 Å². The zero-order valence-corrected chi connectivity index (χ0v) is 7.26. The Kier molecular flexibility index (Phi) is 11.6. The third-order valence-electron chi connectivity index (χ3n) is 0. The van der Waals surface area contributed by atoms with Crippen molar-refractivity contribution in [3.8, 4) is 0 Å². The van der Waals surface area contributed by atoms with Gasteiger partial charge in [-0.2, -0.15) is 0 Å². The van der Waals surface area contributed by atoms with E-state index in [-0.39, 0.29) is 41.0 Å². The molecular weight excluding hydrogens is 122 g/mol. The van der Waals surface area contributed by atoms with Gasteiger partial charge in [-0.25, -0.2) is 0 Å². The molecular formula is C4H10ClMgN. The summed E-state index contributed by atoms with van der Waals surface area (Å²) in [5, 5.41) is 0. The molecule has 40 valence electrons. The first kappa shape index (κ1) is 15.7. The second kappa shape index (κ2) is 5.16.